The molecule has 7 heteroatoms. The number of anilines is 1. The van der Waals surface area contributed by atoms with E-state index in [2.05, 4.69) is 10.6 Å². The zero-order valence-electron chi connectivity index (χ0n) is 13.5. The molecular weight excluding hydrogens is 310 g/mol. The van der Waals surface area contributed by atoms with Crippen LogP contribution >= 0.6 is 0 Å². The van der Waals surface area contributed by atoms with E-state index in [4.69, 9.17) is 0 Å². The molecule has 4 unspecified atom stereocenters. The molecule has 2 aliphatic rings. The molecule has 0 spiro atoms. The van der Waals surface area contributed by atoms with Crippen molar-refractivity contribution in [1.82, 2.24) is 5.32 Å². The Labute approximate surface area is 140 Å². The van der Waals surface area contributed by atoms with Gasteiger partial charge in [-0.05, 0) is 37.2 Å². The van der Waals surface area contributed by atoms with Gasteiger partial charge < -0.3 is 15.7 Å². The molecule has 130 valence electrons. The summed E-state index contributed by atoms with van der Waals surface area (Å²) in [7, 11) is 0. The van der Waals surface area contributed by atoms with Gasteiger partial charge in [0, 0.05) is 37.6 Å². The molecule has 1 amide bonds. The Balaban J connectivity index is 1.49. The smallest absolute Gasteiger partial charge is 0.292 e. The van der Waals surface area contributed by atoms with E-state index in [1.165, 1.54) is 6.07 Å². The lowest BCUT2D eigenvalue weighted by molar-refractivity contribution is -0.384. The van der Waals surface area contributed by atoms with Crippen LogP contribution in [0.25, 0.3) is 0 Å². The lowest BCUT2D eigenvalue weighted by Crippen LogP contribution is -2.45. The molecular formula is C17H23N3O4. The molecule has 3 rings (SSSR count). The van der Waals surface area contributed by atoms with E-state index in [1.54, 1.807) is 18.2 Å². The van der Waals surface area contributed by atoms with Gasteiger partial charge in [0.2, 0.25) is 5.91 Å². The van der Waals surface area contributed by atoms with E-state index >= 15 is 0 Å². The number of aliphatic hydroxyl groups excluding tert-OH is 1. The first-order chi connectivity index (χ1) is 11.6. The van der Waals surface area contributed by atoms with Crippen molar-refractivity contribution in [2.75, 3.05) is 18.5 Å². The van der Waals surface area contributed by atoms with Crippen molar-refractivity contribution in [3.8, 4) is 0 Å². The topological polar surface area (TPSA) is 104 Å². The van der Waals surface area contributed by atoms with E-state index in [9.17, 15) is 20.0 Å². The predicted octanol–water partition coefficient (Wildman–Crippen LogP) is 1.92. The number of rotatable bonds is 7. The molecule has 3 N–H and O–H groups in total. The van der Waals surface area contributed by atoms with Crippen molar-refractivity contribution < 1.29 is 14.8 Å². The highest BCUT2D eigenvalue weighted by Crippen LogP contribution is 2.48. The van der Waals surface area contributed by atoms with Crippen molar-refractivity contribution >= 4 is 17.3 Å². The summed E-state index contributed by atoms with van der Waals surface area (Å²) in [6, 6.07) is 6.47. The Hall–Kier alpha value is -2.15. The van der Waals surface area contributed by atoms with Gasteiger partial charge in [0.1, 0.15) is 5.69 Å². The second-order valence-electron chi connectivity index (χ2n) is 6.72. The fourth-order valence-electron chi connectivity index (χ4n) is 4.25. The van der Waals surface area contributed by atoms with E-state index in [0.29, 0.717) is 24.1 Å². The zero-order chi connectivity index (χ0) is 17.1. The van der Waals surface area contributed by atoms with Crippen LogP contribution in [0.1, 0.15) is 25.7 Å². The van der Waals surface area contributed by atoms with Crippen molar-refractivity contribution in [3.05, 3.63) is 34.4 Å². The molecule has 0 aromatic heterocycles. The number of para-hydroxylation sites is 2. The number of hydrogen-bond acceptors (Lipinski definition) is 5. The third-order valence-electron chi connectivity index (χ3n) is 5.40. The standard InChI is InChI=1S/C17H23N3O4/c21-10-13-11-5-6-12(9-11)17(13)19-16(22)7-8-18-14-3-1-2-4-15(14)20(23)24/h1-4,11-13,17-18,21H,5-10H2,(H,19,22). The van der Waals surface area contributed by atoms with Crippen LogP contribution in [0, 0.1) is 27.9 Å². The molecule has 1 aromatic rings. The molecule has 7 nitrogen and oxygen atoms in total. The van der Waals surface area contributed by atoms with Gasteiger partial charge in [0.25, 0.3) is 5.69 Å². The number of nitrogens with zero attached hydrogens (tertiary/aromatic N) is 1. The number of fused-ring (bicyclic) bond motifs is 2. The van der Waals surface area contributed by atoms with Gasteiger partial charge in [-0.1, -0.05) is 12.1 Å². The Bertz CT molecular complexity index is 622. The highest BCUT2D eigenvalue weighted by atomic mass is 16.6. The summed E-state index contributed by atoms with van der Waals surface area (Å²) in [6.07, 6.45) is 3.63. The first-order valence-electron chi connectivity index (χ1n) is 8.47. The molecule has 2 saturated carbocycles. The lowest BCUT2D eigenvalue weighted by Gasteiger charge is -2.30. The van der Waals surface area contributed by atoms with Crippen molar-refractivity contribution in [1.29, 1.82) is 0 Å². The van der Waals surface area contributed by atoms with Crippen LogP contribution in [0.15, 0.2) is 24.3 Å². The van der Waals surface area contributed by atoms with E-state index in [0.717, 1.165) is 19.3 Å². The van der Waals surface area contributed by atoms with E-state index < -0.39 is 4.92 Å². The van der Waals surface area contributed by atoms with Crippen LogP contribution in [0.2, 0.25) is 0 Å². The highest BCUT2D eigenvalue weighted by molar-refractivity contribution is 5.77. The van der Waals surface area contributed by atoms with Crippen LogP contribution in [-0.4, -0.2) is 35.1 Å². The predicted molar refractivity (Wildman–Crippen MR) is 89.5 cm³/mol. The number of amides is 1. The highest BCUT2D eigenvalue weighted by Gasteiger charge is 2.47. The van der Waals surface area contributed by atoms with Gasteiger partial charge in [0.15, 0.2) is 0 Å². The van der Waals surface area contributed by atoms with Crippen LogP contribution < -0.4 is 10.6 Å². The quantitative estimate of drug-likeness (QED) is 0.522. The lowest BCUT2D eigenvalue weighted by atomic mass is 9.85. The van der Waals surface area contributed by atoms with Crippen LogP contribution in [0.5, 0.6) is 0 Å². The molecule has 0 saturated heterocycles. The maximum atomic E-state index is 12.2. The SMILES string of the molecule is O=C(CCNc1ccccc1[N+](=O)[O-])NC1C2CCC(C2)C1CO. The second kappa shape index (κ2) is 7.17. The van der Waals surface area contributed by atoms with E-state index in [1.807, 2.05) is 0 Å². The summed E-state index contributed by atoms with van der Waals surface area (Å²) in [5, 5.41) is 26.5. The minimum Gasteiger partial charge on any atom is -0.396 e. The number of benzene rings is 1. The molecule has 0 radical (unpaired) electrons. The summed E-state index contributed by atoms with van der Waals surface area (Å²) >= 11 is 0. The van der Waals surface area contributed by atoms with E-state index in [-0.39, 0.29) is 36.6 Å². The summed E-state index contributed by atoms with van der Waals surface area (Å²) in [6.45, 7) is 0.460. The fourth-order valence-corrected chi connectivity index (χ4v) is 4.25. The Morgan fingerprint density at radius 3 is 2.79 bits per heavy atom. The number of nitrogens with one attached hydrogen (secondary N) is 2. The first-order valence-corrected chi connectivity index (χ1v) is 8.47. The summed E-state index contributed by atoms with van der Waals surface area (Å²) < 4.78 is 0. The maximum Gasteiger partial charge on any atom is 0.292 e. The normalized spacial score (nSPS) is 27.9. The minimum absolute atomic E-state index is 0.00588. The number of aliphatic hydroxyl groups is 1. The largest absolute Gasteiger partial charge is 0.396 e. The summed E-state index contributed by atoms with van der Waals surface area (Å²) in [4.78, 5) is 22.7. The molecule has 0 aliphatic heterocycles. The Morgan fingerprint density at radius 1 is 1.29 bits per heavy atom. The van der Waals surface area contributed by atoms with Gasteiger partial charge in [-0.15, -0.1) is 0 Å². The number of carbonyl (C=O) groups excluding carboxylic acids is 1. The second-order valence-corrected chi connectivity index (χ2v) is 6.72. The van der Waals surface area contributed by atoms with Crippen LogP contribution in [0.3, 0.4) is 0 Å². The summed E-state index contributed by atoms with van der Waals surface area (Å²) in [5.74, 6) is 1.13. The minimum atomic E-state index is -0.441. The monoisotopic (exact) mass is 333 g/mol. The third kappa shape index (κ3) is 3.36. The van der Waals surface area contributed by atoms with Crippen LogP contribution in [0.4, 0.5) is 11.4 Å². The maximum absolute atomic E-state index is 12.2. The summed E-state index contributed by atoms with van der Waals surface area (Å²) in [5.41, 5.74) is 0.426. The molecule has 2 fully saturated rings. The van der Waals surface area contributed by atoms with Gasteiger partial charge in [-0.2, -0.15) is 0 Å². The molecule has 1 aromatic carbocycles. The third-order valence-corrected chi connectivity index (χ3v) is 5.40. The number of carbonyl (C=O) groups is 1. The average Bonchev–Trinajstić information content (AvgIpc) is 3.16. The number of nitro groups is 1. The molecule has 0 heterocycles. The fraction of sp³-hybridized carbons (Fsp3) is 0.588. The van der Waals surface area contributed by atoms with Gasteiger partial charge in [0.05, 0.1) is 4.92 Å². The van der Waals surface area contributed by atoms with Crippen LogP contribution in [-0.2, 0) is 4.79 Å². The van der Waals surface area contributed by atoms with Gasteiger partial charge in [-0.3, -0.25) is 14.9 Å². The van der Waals surface area contributed by atoms with Gasteiger partial charge >= 0.3 is 0 Å². The van der Waals surface area contributed by atoms with Gasteiger partial charge in [-0.25, -0.2) is 0 Å². The van der Waals surface area contributed by atoms with Crippen molar-refractivity contribution in [3.63, 3.8) is 0 Å². The molecule has 24 heavy (non-hydrogen) atoms. The molecule has 2 aliphatic carbocycles. The molecule has 2 bridgehead atoms. The Morgan fingerprint density at radius 2 is 2.04 bits per heavy atom. The first kappa shape index (κ1) is 16.7. The zero-order valence-corrected chi connectivity index (χ0v) is 13.5. The molecule has 4 atom stereocenters. The average molecular weight is 333 g/mol. The van der Waals surface area contributed by atoms with Crippen molar-refractivity contribution in [2.24, 2.45) is 17.8 Å². The number of nitro benzene ring substituents is 1. The Kier molecular flexibility index (Phi) is 4.99. The number of hydrogen-bond donors (Lipinski definition) is 3. The van der Waals surface area contributed by atoms with Crippen molar-refractivity contribution in [2.45, 2.75) is 31.7 Å².